The number of hydrogen-bond acceptors (Lipinski definition) is 4. The van der Waals surface area contributed by atoms with E-state index in [1.807, 2.05) is 18.2 Å². The number of hydrogen-bond donors (Lipinski definition) is 1. The van der Waals surface area contributed by atoms with Crippen molar-refractivity contribution in [2.45, 2.75) is 44.7 Å². The lowest BCUT2D eigenvalue weighted by Gasteiger charge is -2.54. The van der Waals surface area contributed by atoms with E-state index in [1.54, 1.807) is 36.8 Å². The van der Waals surface area contributed by atoms with Crippen LogP contribution in [0.1, 0.15) is 48.0 Å². The van der Waals surface area contributed by atoms with Crippen LogP contribution < -0.4 is 10.9 Å². The molecule has 0 aliphatic heterocycles. The maximum Gasteiger partial charge on any atom is 0.265 e. The van der Waals surface area contributed by atoms with Crippen LogP contribution in [0.5, 0.6) is 0 Å². The molecule has 1 N–H and O–H groups in total. The Kier molecular flexibility index (Phi) is 5.20. The number of carbonyl (C=O) groups is 1. The van der Waals surface area contributed by atoms with E-state index in [0.29, 0.717) is 16.4 Å². The minimum atomic E-state index is -0.376. The fraction of sp³-hybridized carbons (Fsp3) is 0.286. The molecule has 7 heteroatoms. The lowest BCUT2D eigenvalue weighted by Crippen LogP contribution is -2.54. The zero-order valence-electron chi connectivity index (χ0n) is 19.2. The summed E-state index contributed by atoms with van der Waals surface area (Å²) >= 11 is 0. The zero-order chi connectivity index (χ0) is 24.0. The van der Waals surface area contributed by atoms with E-state index < -0.39 is 0 Å². The van der Waals surface area contributed by atoms with E-state index in [9.17, 15) is 14.0 Å². The van der Waals surface area contributed by atoms with Gasteiger partial charge in [0.25, 0.3) is 11.5 Å². The third-order valence-electron chi connectivity index (χ3n) is 7.52. The van der Waals surface area contributed by atoms with Crippen LogP contribution in [0.25, 0.3) is 22.2 Å². The van der Waals surface area contributed by atoms with E-state index in [1.165, 1.54) is 36.0 Å². The molecule has 176 valence electrons. The summed E-state index contributed by atoms with van der Waals surface area (Å²) in [6.07, 6.45) is 10.8. The minimum absolute atomic E-state index is 0.106. The van der Waals surface area contributed by atoms with Gasteiger partial charge in [-0.15, -0.1) is 0 Å². The molecular formula is C28H25FN4O2. The van der Waals surface area contributed by atoms with E-state index in [0.717, 1.165) is 29.5 Å². The molecular weight excluding hydrogens is 443 g/mol. The van der Waals surface area contributed by atoms with Gasteiger partial charge in [-0.2, -0.15) is 0 Å². The van der Waals surface area contributed by atoms with Crippen molar-refractivity contribution in [3.05, 3.63) is 94.4 Å². The largest absolute Gasteiger partial charge is 0.349 e. The van der Waals surface area contributed by atoms with Gasteiger partial charge in [0.05, 0.1) is 6.54 Å². The Morgan fingerprint density at radius 2 is 1.89 bits per heavy atom. The smallest absolute Gasteiger partial charge is 0.265 e. The van der Waals surface area contributed by atoms with Crippen molar-refractivity contribution in [1.29, 1.82) is 0 Å². The first-order chi connectivity index (χ1) is 17.0. The highest BCUT2D eigenvalue weighted by atomic mass is 19.1. The molecule has 2 fully saturated rings. The van der Waals surface area contributed by atoms with Crippen LogP contribution in [-0.4, -0.2) is 26.5 Å². The van der Waals surface area contributed by atoms with Crippen molar-refractivity contribution in [3.63, 3.8) is 0 Å². The molecule has 0 radical (unpaired) electrons. The summed E-state index contributed by atoms with van der Waals surface area (Å²) in [5, 5.41) is 3.75. The number of aromatic nitrogens is 3. The van der Waals surface area contributed by atoms with Crippen LogP contribution in [-0.2, 0) is 6.54 Å². The fourth-order valence-corrected chi connectivity index (χ4v) is 5.48. The van der Waals surface area contributed by atoms with Crippen LogP contribution in [0.2, 0.25) is 0 Å². The maximum absolute atomic E-state index is 13.5. The third-order valence-corrected chi connectivity index (χ3v) is 7.52. The standard InChI is InChI=1S/C28H25FN4O2/c29-22-6-4-19(5-7-22)21-11-20-12-24(26(34)32-23-13-28(14-23)8-2-9-28)27(35)33(25(20)31-16-21)17-18-3-1-10-30-15-18/h1,3-7,10-12,15-16,23H,2,8-9,13-14,17H2,(H,32,34). The Morgan fingerprint density at radius 1 is 1.09 bits per heavy atom. The Labute approximate surface area is 201 Å². The second-order valence-corrected chi connectivity index (χ2v) is 9.89. The Hall–Kier alpha value is -3.87. The second-order valence-electron chi connectivity index (χ2n) is 9.89. The summed E-state index contributed by atoms with van der Waals surface area (Å²) in [5.74, 6) is -0.658. The first kappa shape index (κ1) is 21.6. The van der Waals surface area contributed by atoms with E-state index >= 15 is 0 Å². The monoisotopic (exact) mass is 468 g/mol. The molecule has 1 aromatic carbocycles. The maximum atomic E-state index is 13.5. The SMILES string of the molecule is O=C(NC1CC2(CCC2)C1)c1cc2cc(-c3ccc(F)cc3)cnc2n(Cc2cccnc2)c1=O. The predicted octanol–water partition coefficient (Wildman–Crippen LogP) is 4.71. The molecule has 0 saturated heterocycles. The molecule has 0 unspecified atom stereocenters. The highest BCUT2D eigenvalue weighted by Gasteiger charge is 2.48. The van der Waals surface area contributed by atoms with Crippen LogP contribution >= 0.6 is 0 Å². The van der Waals surface area contributed by atoms with Crippen LogP contribution in [0, 0.1) is 11.2 Å². The number of fused-ring (bicyclic) bond motifs is 1. The van der Waals surface area contributed by atoms with Gasteiger partial charge in [0.15, 0.2) is 0 Å². The van der Waals surface area contributed by atoms with E-state index in [-0.39, 0.29) is 35.4 Å². The molecule has 1 amide bonds. The molecule has 2 aliphatic rings. The topological polar surface area (TPSA) is 76.9 Å². The van der Waals surface area contributed by atoms with E-state index in [4.69, 9.17) is 0 Å². The van der Waals surface area contributed by atoms with Crippen LogP contribution in [0.15, 0.2) is 71.9 Å². The molecule has 2 saturated carbocycles. The third kappa shape index (κ3) is 4.01. The molecule has 1 spiro atoms. The summed E-state index contributed by atoms with van der Waals surface area (Å²) < 4.78 is 14.9. The van der Waals surface area contributed by atoms with Crippen molar-refractivity contribution in [2.24, 2.45) is 5.41 Å². The molecule has 3 heterocycles. The molecule has 2 aliphatic carbocycles. The van der Waals surface area contributed by atoms with Gasteiger partial charge >= 0.3 is 0 Å². The van der Waals surface area contributed by atoms with Crippen molar-refractivity contribution >= 4 is 16.9 Å². The zero-order valence-corrected chi connectivity index (χ0v) is 19.2. The summed E-state index contributed by atoms with van der Waals surface area (Å²) in [6.45, 7) is 0.250. The van der Waals surface area contributed by atoms with Crippen molar-refractivity contribution in [1.82, 2.24) is 19.9 Å². The minimum Gasteiger partial charge on any atom is -0.349 e. The Bertz CT molecular complexity index is 1470. The number of pyridine rings is 3. The van der Waals surface area contributed by atoms with Gasteiger partial charge in [-0.05, 0) is 72.6 Å². The Morgan fingerprint density at radius 3 is 2.57 bits per heavy atom. The van der Waals surface area contributed by atoms with Crippen LogP contribution in [0.4, 0.5) is 4.39 Å². The lowest BCUT2D eigenvalue weighted by molar-refractivity contribution is -0.000650. The average Bonchev–Trinajstić information content (AvgIpc) is 2.82. The number of nitrogens with zero attached hydrogens (tertiary/aromatic N) is 3. The molecule has 0 atom stereocenters. The number of carbonyl (C=O) groups excluding carboxylic acids is 1. The summed E-state index contributed by atoms with van der Waals surface area (Å²) in [4.78, 5) is 35.5. The fourth-order valence-electron chi connectivity index (χ4n) is 5.48. The van der Waals surface area contributed by atoms with Gasteiger partial charge in [-0.25, -0.2) is 9.37 Å². The molecule has 4 aromatic rings. The van der Waals surface area contributed by atoms with Gasteiger partial charge in [0, 0.05) is 35.6 Å². The van der Waals surface area contributed by atoms with Gasteiger partial charge < -0.3 is 5.32 Å². The number of rotatable bonds is 5. The molecule has 0 bridgehead atoms. The Balaban J connectivity index is 1.40. The van der Waals surface area contributed by atoms with Gasteiger partial charge in [0.1, 0.15) is 17.0 Å². The average molecular weight is 469 g/mol. The highest BCUT2D eigenvalue weighted by molar-refractivity contribution is 5.97. The summed E-state index contributed by atoms with van der Waals surface area (Å²) in [6, 6.07) is 13.5. The normalized spacial score (nSPS) is 16.6. The lowest BCUT2D eigenvalue weighted by atomic mass is 9.54. The number of amides is 1. The van der Waals surface area contributed by atoms with Crippen molar-refractivity contribution in [2.75, 3.05) is 0 Å². The molecule has 35 heavy (non-hydrogen) atoms. The van der Waals surface area contributed by atoms with Crippen LogP contribution in [0.3, 0.4) is 0 Å². The number of halogens is 1. The quantitative estimate of drug-likeness (QED) is 0.460. The van der Waals surface area contributed by atoms with Gasteiger partial charge in [-0.3, -0.25) is 19.1 Å². The second kappa shape index (κ2) is 8.41. The number of nitrogens with one attached hydrogen (secondary N) is 1. The summed E-state index contributed by atoms with van der Waals surface area (Å²) in [7, 11) is 0. The molecule has 6 rings (SSSR count). The predicted molar refractivity (Wildman–Crippen MR) is 132 cm³/mol. The molecule has 3 aromatic heterocycles. The first-order valence-corrected chi connectivity index (χ1v) is 12.0. The van der Waals surface area contributed by atoms with Crippen molar-refractivity contribution in [3.8, 4) is 11.1 Å². The van der Waals surface area contributed by atoms with E-state index in [2.05, 4.69) is 15.3 Å². The van der Waals surface area contributed by atoms with Crippen molar-refractivity contribution < 1.29 is 9.18 Å². The van der Waals surface area contributed by atoms with Gasteiger partial charge in [0.2, 0.25) is 0 Å². The number of benzene rings is 1. The summed E-state index contributed by atoms with van der Waals surface area (Å²) in [5.41, 5.74) is 3.06. The highest BCUT2D eigenvalue weighted by Crippen LogP contribution is 2.55. The molecule has 6 nitrogen and oxygen atoms in total. The first-order valence-electron chi connectivity index (χ1n) is 12.0. The van der Waals surface area contributed by atoms with Gasteiger partial charge in [-0.1, -0.05) is 24.6 Å².